The first-order chi connectivity index (χ1) is 21.7. The Balaban J connectivity index is 1.13. The molecular weight excluding hydrogens is 536 g/mol. The number of hydrogen-bond donors (Lipinski definition) is 0. The van der Waals surface area contributed by atoms with Crippen LogP contribution in [0.5, 0.6) is 0 Å². The molecule has 4 heteroatoms. The van der Waals surface area contributed by atoms with Gasteiger partial charge in [0.05, 0.1) is 0 Å². The first kappa shape index (κ1) is 27.4. The molecule has 0 saturated carbocycles. The van der Waals surface area contributed by atoms with Crippen LogP contribution in [0, 0.1) is 0 Å². The van der Waals surface area contributed by atoms with Gasteiger partial charge in [0.1, 0.15) is 0 Å². The molecule has 4 nitrogen and oxygen atoms in total. The molecule has 0 fully saturated rings. The van der Waals surface area contributed by atoms with Crippen LogP contribution in [0.4, 0.5) is 0 Å². The van der Waals surface area contributed by atoms with Crippen molar-refractivity contribution in [3.63, 3.8) is 0 Å². The fraction of sp³-hybridized carbons (Fsp3) is 0.100. The summed E-state index contributed by atoms with van der Waals surface area (Å²) in [6.07, 6.45) is 25.9. The number of hydrogen-bond acceptors (Lipinski definition) is 0. The van der Waals surface area contributed by atoms with E-state index in [1.54, 1.807) is 0 Å². The van der Waals surface area contributed by atoms with Crippen molar-refractivity contribution in [2.45, 2.75) is 26.2 Å². The van der Waals surface area contributed by atoms with Crippen LogP contribution < -0.4 is 18.3 Å². The monoisotopic (exact) mass is 572 g/mol. The molecule has 0 N–H and O–H groups in total. The number of rotatable bonds is 0. The molecule has 14 heterocycles. The Morgan fingerprint density at radius 2 is 0.432 bits per heavy atom. The van der Waals surface area contributed by atoms with E-state index in [4.69, 9.17) is 0 Å². The third-order valence-corrected chi connectivity index (χ3v) is 8.11. The van der Waals surface area contributed by atoms with Crippen LogP contribution in [-0.2, 0) is 26.2 Å². The highest BCUT2D eigenvalue weighted by molar-refractivity contribution is 5.69. The van der Waals surface area contributed by atoms with Gasteiger partial charge in [0.15, 0.2) is 75.8 Å². The van der Waals surface area contributed by atoms with Gasteiger partial charge in [-0.05, 0) is 22.3 Å². The van der Waals surface area contributed by atoms with Gasteiger partial charge in [-0.2, -0.15) is 0 Å². The first-order valence-corrected chi connectivity index (χ1v) is 15.2. The van der Waals surface area contributed by atoms with Gasteiger partial charge in [0, 0.05) is 70.8 Å². The fourth-order valence-corrected chi connectivity index (χ4v) is 5.47. The van der Waals surface area contributed by atoms with Crippen LogP contribution in [0.15, 0.2) is 147 Å². The average Bonchev–Trinajstić information content (AvgIpc) is 3.07. The molecule has 0 atom stereocenters. The average molecular weight is 573 g/mol. The standard InChI is InChI=1S/C40H36N4/c1-2-34-15-23-42(24-16-34)30-38-9-11-40(12-10-38)32-44-27-19-36(20-28-44)4-3-35-17-25-43(26-18-35)31-39-7-5-37(6-8-39)29-41-21-13-33(1)14-22-41/h1-28H,29-32H2/q+4. The molecule has 44 heavy (non-hydrogen) atoms. The normalized spacial score (nSPS) is 12.9. The van der Waals surface area contributed by atoms with Gasteiger partial charge in [0.25, 0.3) is 0 Å². The Morgan fingerprint density at radius 1 is 0.250 bits per heavy atom. The largest absolute Gasteiger partial charge is 0.201 e. The summed E-state index contributed by atoms with van der Waals surface area (Å²) in [4.78, 5) is 0. The highest BCUT2D eigenvalue weighted by Crippen LogP contribution is 2.10. The van der Waals surface area contributed by atoms with Crippen molar-refractivity contribution >= 4 is 24.3 Å². The van der Waals surface area contributed by atoms with E-state index in [0.717, 1.165) is 26.2 Å². The number of benzene rings is 2. The van der Waals surface area contributed by atoms with E-state index >= 15 is 0 Å². The Hall–Kier alpha value is -5.48. The maximum absolute atomic E-state index is 2.23. The summed E-state index contributed by atoms with van der Waals surface area (Å²) >= 11 is 0. The lowest BCUT2D eigenvalue weighted by Gasteiger charge is -2.02. The van der Waals surface area contributed by atoms with Gasteiger partial charge in [-0.25, -0.2) is 18.3 Å². The van der Waals surface area contributed by atoms with Gasteiger partial charge >= 0.3 is 0 Å². The molecule has 0 unspecified atom stereocenters. The SMILES string of the molecule is C1=Cc2cc[n+](cc2)Cc2ccc(cc2)C[n+]2ccc(cc2)C=Cc2cc[n+](cc2)Cc2ccc(cc2)C[n+]2ccc1cc2. The second-order valence-corrected chi connectivity index (χ2v) is 11.5. The van der Waals surface area contributed by atoms with Gasteiger partial charge < -0.3 is 0 Å². The van der Waals surface area contributed by atoms with Gasteiger partial charge in [-0.1, -0.05) is 72.8 Å². The molecule has 0 radical (unpaired) electrons. The smallest absolute Gasteiger partial charge is 0.173 e. The minimum atomic E-state index is 0.848. The molecule has 10 aliphatic heterocycles. The van der Waals surface area contributed by atoms with Crippen LogP contribution in [0.25, 0.3) is 24.3 Å². The van der Waals surface area contributed by atoms with Crippen molar-refractivity contribution in [2.24, 2.45) is 0 Å². The van der Waals surface area contributed by atoms with Crippen LogP contribution in [0.3, 0.4) is 0 Å². The second-order valence-electron chi connectivity index (χ2n) is 11.5. The summed E-state index contributed by atoms with van der Waals surface area (Å²) in [5, 5.41) is 0. The molecule has 0 amide bonds. The van der Waals surface area contributed by atoms with E-state index in [9.17, 15) is 0 Å². The molecule has 10 aliphatic rings. The van der Waals surface area contributed by atoms with Crippen LogP contribution in [-0.4, -0.2) is 0 Å². The summed E-state index contributed by atoms with van der Waals surface area (Å²) in [5.41, 5.74) is 9.91. The molecule has 0 aliphatic carbocycles. The van der Waals surface area contributed by atoms with Crippen molar-refractivity contribution in [1.29, 1.82) is 0 Å². The molecule has 0 spiro atoms. The highest BCUT2D eigenvalue weighted by Gasteiger charge is 2.08. The van der Waals surface area contributed by atoms with Crippen LogP contribution >= 0.6 is 0 Å². The Labute approximate surface area is 259 Å². The predicted octanol–water partition coefficient (Wildman–Crippen LogP) is 5.68. The number of nitrogens with zero attached hydrogens (tertiary/aromatic N) is 4. The zero-order valence-corrected chi connectivity index (χ0v) is 24.8. The van der Waals surface area contributed by atoms with E-state index in [0.29, 0.717) is 0 Å². The van der Waals surface area contributed by atoms with E-state index in [1.807, 2.05) is 0 Å². The van der Waals surface area contributed by atoms with Crippen molar-refractivity contribution in [3.8, 4) is 0 Å². The number of aromatic nitrogens is 4. The molecule has 212 valence electrons. The third kappa shape index (κ3) is 7.11. The molecule has 6 aromatic rings. The van der Waals surface area contributed by atoms with Gasteiger partial charge in [-0.3, -0.25) is 0 Å². The third-order valence-electron chi connectivity index (χ3n) is 8.11. The van der Waals surface area contributed by atoms with Crippen molar-refractivity contribution in [1.82, 2.24) is 0 Å². The molecule has 12 bridgehead atoms. The zero-order valence-electron chi connectivity index (χ0n) is 24.8. The Morgan fingerprint density at radius 3 is 0.614 bits per heavy atom. The first-order valence-electron chi connectivity index (χ1n) is 15.2. The van der Waals surface area contributed by atoms with Crippen molar-refractivity contribution < 1.29 is 18.3 Å². The quantitative estimate of drug-likeness (QED) is 0.208. The van der Waals surface area contributed by atoms with E-state index < -0.39 is 0 Å². The highest BCUT2D eigenvalue weighted by atomic mass is 14.9. The van der Waals surface area contributed by atoms with Gasteiger partial charge in [-0.15, -0.1) is 0 Å². The molecule has 4 aromatic heterocycles. The minimum Gasteiger partial charge on any atom is -0.201 e. The summed E-state index contributed by atoms with van der Waals surface area (Å²) in [7, 11) is 0. The molecule has 0 saturated heterocycles. The summed E-state index contributed by atoms with van der Waals surface area (Å²) in [5.74, 6) is 0. The maximum atomic E-state index is 2.23. The summed E-state index contributed by atoms with van der Waals surface area (Å²) in [6.45, 7) is 3.39. The minimum absolute atomic E-state index is 0.848. The molecule has 16 rings (SSSR count). The fourth-order valence-electron chi connectivity index (χ4n) is 5.47. The lowest BCUT2D eigenvalue weighted by molar-refractivity contribution is -0.689. The summed E-state index contributed by atoms with van der Waals surface area (Å²) < 4.78 is 8.89. The Bertz CT molecular complexity index is 1600. The van der Waals surface area contributed by atoms with E-state index in [-0.39, 0.29) is 0 Å². The molecule has 2 aromatic carbocycles. The maximum Gasteiger partial charge on any atom is 0.173 e. The molecular formula is C40H36N4+4. The zero-order chi connectivity index (χ0) is 29.6. The lowest BCUT2D eigenvalue weighted by Crippen LogP contribution is -2.34. The number of pyridine rings is 4. The van der Waals surface area contributed by atoms with E-state index in [2.05, 4.69) is 189 Å². The topological polar surface area (TPSA) is 15.5 Å². The summed E-state index contributed by atoms with van der Waals surface area (Å²) in [6, 6.07) is 35.2. The van der Waals surface area contributed by atoms with Crippen LogP contribution in [0.2, 0.25) is 0 Å². The second kappa shape index (κ2) is 12.8. The lowest BCUT2D eigenvalue weighted by atomic mass is 10.1. The van der Waals surface area contributed by atoms with Gasteiger partial charge in [0.2, 0.25) is 0 Å². The van der Waals surface area contributed by atoms with Crippen molar-refractivity contribution in [2.75, 3.05) is 0 Å². The van der Waals surface area contributed by atoms with E-state index in [1.165, 1.54) is 44.5 Å². The predicted molar refractivity (Wildman–Crippen MR) is 174 cm³/mol. The Kier molecular flexibility index (Phi) is 7.96. The van der Waals surface area contributed by atoms with Crippen LogP contribution in [0.1, 0.15) is 44.5 Å². The van der Waals surface area contributed by atoms with Crippen molar-refractivity contribution in [3.05, 3.63) is 191 Å².